The second kappa shape index (κ2) is 9.78. The van der Waals surface area contributed by atoms with Crippen molar-refractivity contribution in [1.82, 2.24) is 10.2 Å². The zero-order chi connectivity index (χ0) is 25.6. The van der Waals surface area contributed by atoms with Crippen molar-refractivity contribution in [1.29, 1.82) is 0 Å². The molecule has 0 bridgehead atoms. The van der Waals surface area contributed by atoms with E-state index in [1.807, 2.05) is 0 Å². The smallest absolute Gasteiger partial charge is 0.251 e. The third-order valence-electron chi connectivity index (χ3n) is 8.30. The van der Waals surface area contributed by atoms with E-state index in [0.717, 1.165) is 43.4 Å². The van der Waals surface area contributed by atoms with Crippen LogP contribution in [0.4, 0.5) is 5.69 Å². The van der Waals surface area contributed by atoms with E-state index in [-0.39, 0.29) is 48.0 Å². The van der Waals surface area contributed by atoms with Crippen molar-refractivity contribution in [3.8, 4) is 0 Å². The first-order valence-electron chi connectivity index (χ1n) is 13.0. The van der Waals surface area contributed by atoms with E-state index in [0.29, 0.717) is 18.4 Å². The number of likely N-dealkylation sites (tertiary alicyclic amines) is 1. The summed E-state index contributed by atoms with van der Waals surface area (Å²) in [5, 5.41) is 5.47. The lowest BCUT2D eigenvalue weighted by Gasteiger charge is -2.39. The Morgan fingerprint density at radius 2 is 1.94 bits per heavy atom. The molecule has 3 fully saturated rings. The Balaban J connectivity index is 1.39. The highest BCUT2D eigenvalue weighted by Crippen LogP contribution is 2.40. The summed E-state index contributed by atoms with van der Waals surface area (Å²) in [4.78, 5) is 53.3. The van der Waals surface area contributed by atoms with Crippen molar-refractivity contribution < 1.29 is 23.9 Å². The van der Waals surface area contributed by atoms with E-state index in [4.69, 9.17) is 16.3 Å². The van der Waals surface area contributed by atoms with Crippen molar-refractivity contribution in [2.75, 3.05) is 18.5 Å². The predicted molar refractivity (Wildman–Crippen MR) is 135 cm³/mol. The molecule has 3 heterocycles. The van der Waals surface area contributed by atoms with Gasteiger partial charge in [0.15, 0.2) is 5.78 Å². The van der Waals surface area contributed by atoms with Crippen LogP contribution < -0.4 is 10.6 Å². The Bertz CT molecular complexity index is 1080. The van der Waals surface area contributed by atoms with Crippen molar-refractivity contribution in [3.05, 3.63) is 29.3 Å². The zero-order valence-corrected chi connectivity index (χ0v) is 21.6. The number of fused-ring (bicyclic) bond motifs is 2. The Hall–Kier alpha value is -2.45. The summed E-state index contributed by atoms with van der Waals surface area (Å²) >= 11 is 6.45. The highest BCUT2D eigenvalue weighted by molar-refractivity contribution is 6.22. The fraction of sp³-hybridized carbons (Fsp3) is 0.630. The van der Waals surface area contributed by atoms with Crippen LogP contribution in [0.3, 0.4) is 0 Å². The van der Waals surface area contributed by atoms with Crippen LogP contribution in [-0.2, 0) is 25.5 Å². The lowest BCUT2D eigenvalue weighted by atomic mass is 9.71. The number of nitrogens with zero attached hydrogens (tertiary/aromatic N) is 1. The van der Waals surface area contributed by atoms with Crippen LogP contribution in [0.2, 0.25) is 0 Å². The summed E-state index contributed by atoms with van der Waals surface area (Å²) in [5.74, 6) is -0.779. The van der Waals surface area contributed by atoms with Gasteiger partial charge in [-0.05, 0) is 73.6 Å². The van der Waals surface area contributed by atoms with Crippen molar-refractivity contribution in [2.45, 2.75) is 82.4 Å². The number of carbonyl (C=O) groups is 4. The van der Waals surface area contributed by atoms with Gasteiger partial charge in [-0.1, -0.05) is 13.8 Å². The van der Waals surface area contributed by atoms with Crippen molar-refractivity contribution in [2.24, 2.45) is 11.3 Å². The molecule has 1 aromatic carbocycles. The number of benzene rings is 1. The number of rotatable bonds is 4. The molecule has 4 atom stereocenters. The molecule has 0 spiro atoms. The number of ether oxygens (including phenoxy) is 1. The first-order valence-corrected chi connectivity index (χ1v) is 13.4. The monoisotopic (exact) mass is 515 g/mol. The van der Waals surface area contributed by atoms with Crippen molar-refractivity contribution >= 4 is 40.8 Å². The van der Waals surface area contributed by atoms with Crippen LogP contribution in [0.25, 0.3) is 0 Å². The molecule has 4 aliphatic rings. The van der Waals surface area contributed by atoms with Gasteiger partial charge in [0, 0.05) is 24.2 Å². The van der Waals surface area contributed by atoms with Gasteiger partial charge < -0.3 is 20.3 Å². The average Bonchev–Trinajstić information content (AvgIpc) is 3.31. The third-order valence-corrected chi connectivity index (χ3v) is 8.69. The molecule has 3 amide bonds. The molecule has 0 radical (unpaired) electrons. The van der Waals surface area contributed by atoms with E-state index in [2.05, 4.69) is 24.5 Å². The summed E-state index contributed by atoms with van der Waals surface area (Å²) in [6.45, 7) is 4.64. The van der Waals surface area contributed by atoms with Gasteiger partial charge in [0.1, 0.15) is 24.8 Å². The minimum Gasteiger partial charge on any atom is -0.366 e. The number of ketones is 1. The third kappa shape index (κ3) is 4.90. The number of hydrogen-bond donors (Lipinski definition) is 2. The quantitative estimate of drug-likeness (QED) is 0.600. The summed E-state index contributed by atoms with van der Waals surface area (Å²) < 4.78 is 5.56. The predicted octanol–water partition coefficient (Wildman–Crippen LogP) is 3.06. The maximum atomic E-state index is 13.9. The molecule has 8 nitrogen and oxygen atoms in total. The highest BCUT2D eigenvalue weighted by Gasteiger charge is 2.53. The van der Waals surface area contributed by atoms with Gasteiger partial charge in [-0.15, -0.1) is 11.6 Å². The molecular formula is C27H34ClN3O5. The number of aryl methyl sites for hydroxylation is 1. The second-order valence-corrected chi connectivity index (χ2v) is 12.0. The normalized spacial score (nSPS) is 28.6. The summed E-state index contributed by atoms with van der Waals surface area (Å²) in [7, 11) is 0. The number of anilines is 1. The molecule has 36 heavy (non-hydrogen) atoms. The van der Waals surface area contributed by atoms with Gasteiger partial charge in [0.2, 0.25) is 11.8 Å². The average molecular weight is 516 g/mol. The molecule has 2 N–H and O–H groups in total. The number of carbonyl (C=O) groups excluding carboxylic acids is 4. The van der Waals surface area contributed by atoms with Crippen molar-refractivity contribution in [3.63, 3.8) is 0 Å². The molecule has 9 heteroatoms. The molecular weight excluding hydrogens is 482 g/mol. The number of Topliss-reactive ketones (excluding diaryl/α,β-unsaturated/α-hetero) is 1. The molecule has 1 aliphatic carbocycles. The second-order valence-electron chi connectivity index (χ2n) is 11.4. The van der Waals surface area contributed by atoms with Crippen LogP contribution >= 0.6 is 11.6 Å². The minimum atomic E-state index is -0.747. The van der Waals surface area contributed by atoms with E-state index in [9.17, 15) is 19.2 Å². The zero-order valence-electron chi connectivity index (χ0n) is 20.8. The first-order chi connectivity index (χ1) is 17.1. The number of hydrogen-bond acceptors (Lipinski definition) is 5. The summed E-state index contributed by atoms with van der Waals surface area (Å²) in [6, 6.07) is 3.81. The van der Waals surface area contributed by atoms with Gasteiger partial charge in [-0.25, -0.2) is 0 Å². The molecule has 1 aromatic rings. The lowest BCUT2D eigenvalue weighted by Crippen LogP contribution is -2.55. The van der Waals surface area contributed by atoms with E-state index in [1.54, 1.807) is 18.2 Å². The van der Waals surface area contributed by atoms with E-state index < -0.39 is 23.6 Å². The number of alkyl halides is 1. The van der Waals surface area contributed by atoms with Gasteiger partial charge in [0.25, 0.3) is 5.91 Å². The molecule has 2 saturated heterocycles. The summed E-state index contributed by atoms with van der Waals surface area (Å²) in [5.41, 5.74) is 2.29. The Kier molecular flexibility index (Phi) is 6.85. The number of nitrogens with one attached hydrogen (secondary N) is 2. The number of halogens is 1. The maximum Gasteiger partial charge on any atom is 0.251 e. The molecule has 0 aromatic heterocycles. The van der Waals surface area contributed by atoms with Crippen LogP contribution in [0.1, 0.15) is 68.3 Å². The Morgan fingerprint density at radius 3 is 2.69 bits per heavy atom. The van der Waals surface area contributed by atoms with Crippen LogP contribution in [0.15, 0.2) is 18.2 Å². The van der Waals surface area contributed by atoms with Gasteiger partial charge in [0.05, 0.1) is 5.38 Å². The molecule has 3 aliphatic heterocycles. The Labute approximate surface area is 216 Å². The van der Waals surface area contributed by atoms with Crippen LogP contribution in [-0.4, -0.2) is 65.1 Å². The first kappa shape index (κ1) is 25.2. The largest absolute Gasteiger partial charge is 0.366 e. The van der Waals surface area contributed by atoms with Crippen LogP contribution in [0, 0.1) is 11.3 Å². The fourth-order valence-electron chi connectivity index (χ4n) is 6.08. The molecule has 1 saturated carbocycles. The SMILES string of the molecule is CC1(C)CCC([C@H](NC(=O)c2ccc3c(c2)CCCC(=O)N3)C(=O)N2C[C@H](Cl)[C@H]3OCC(=O)[C@H]32)CC1. The Morgan fingerprint density at radius 1 is 1.19 bits per heavy atom. The lowest BCUT2D eigenvalue weighted by molar-refractivity contribution is -0.139. The standard InChI is InChI=1S/C27H34ClN3O5/c1-27(2)10-8-15(9-11-27)22(26(35)31-13-18(28)24-23(31)20(32)14-36-24)30-25(34)17-6-7-19-16(12-17)4-3-5-21(33)29-19/h6-7,12,15,18,22-24H,3-5,8-11,13-14H2,1-2H3,(H,29,33)(H,30,34)/t18-,22-,23+,24+/m0/s1. The van der Waals surface area contributed by atoms with Gasteiger partial charge in [-0.3, -0.25) is 19.2 Å². The minimum absolute atomic E-state index is 0.0243. The van der Waals surface area contributed by atoms with E-state index >= 15 is 0 Å². The fourth-order valence-corrected chi connectivity index (χ4v) is 6.44. The van der Waals surface area contributed by atoms with Gasteiger partial charge >= 0.3 is 0 Å². The van der Waals surface area contributed by atoms with E-state index in [1.165, 1.54) is 4.90 Å². The number of amides is 3. The van der Waals surface area contributed by atoms with Crippen LogP contribution in [0.5, 0.6) is 0 Å². The molecule has 194 valence electrons. The van der Waals surface area contributed by atoms with Gasteiger partial charge in [-0.2, -0.15) is 0 Å². The summed E-state index contributed by atoms with van der Waals surface area (Å²) in [6.07, 6.45) is 4.93. The molecule has 5 rings (SSSR count). The molecule has 0 unspecified atom stereocenters. The maximum absolute atomic E-state index is 13.9. The highest BCUT2D eigenvalue weighted by atomic mass is 35.5. The topological polar surface area (TPSA) is 105 Å².